The van der Waals surface area contributed by atoms with E-state index < -0.39 is 0 Å². The molecule has 0 saturated heterocycles. The molecule has 18 heavy (non-hydrogen) atoms. The maximum Gasteiger partial charge on any atom is 0.123 e. The lowest BCUT2D eigenvalue weighted by Gasteiger charge is -2.26. The van der Waals surface area contributed by atoms with Gasteiger partial charge in [0.1, 0.15) is 5.82 Å². The second kappa shape index (κ2) is 6.27. The molecule has 0 amide bonds. The van der Waals surface area contributed by atoms with Crippen molar-refractivity contribution in [2.75, 3.05) is 6.61 Å². The fourth-order valence-corrected chi connectivity index (χ4v) is 2.34. The number of ether oxygens (including phenoxy) is 1. The van der Waals surface area contributed by atoms with Crippen LogP contribution in [0.15, 0.2) is 24.3 Å². The third-order valence-electron chi connectivity index (χ3n) is 3.43. The maximum atomic E-state index is 12.9. The van der Waals surface area contributed by atoms with Gasteiger partial charge in [-0.15, -0.1) is 0 Å². The molecule has 100 valence electrons. The SMILES string of the molecule is CCOC(C1CC1)C(Cc1ccc(F)cc1)NN. The largest absolute Gasteiger partial charge is 0.377 e. The van der Waals surface area contributed by atoms with E-state index in [-0.39, 0.29) is 18.0 Å². The number of rotatable bonds is 7. The predicted octanol–water partition coefficient (Wildman–Crippen LogP) is 2.02. The molecule has 0 heterocycles. The van der Waals surface area contributed by atoms with E-state index in [4.69, 9.17) is 10.6 Å². The van der Waals surface area contributed by atoms with Crippen LogP contribution >= 0.6 is 0 Å². The van der Waals surface area contributed by atoms with Crippen molar-refractivity contribution in [2.45, 2.75) is 38.3 Å². The molecular formula is C14H21FN2O. The highest BCUT2D eigenvalue weighted by atomic mass is 19.1. The number of hydrazine groups is 1. The Bertz CT molecular complexity index is 365. The molecule has 2 atom stereocenters. The molecule has 1 aliphatic carbocycles. The molecule has 0 radical (unpaired) electrons. The minimum Gasteiger partial charge on any atom is -0.377 e. The molecule has 1 aromatic rings. The summed E-state index contributed by atoms with van der Waals surface area (Å²) in [7, 11) is 0. The maximum absolute atomic E-state index is 12.9. The molecular weight excluding hydrogens is 231 g/mol. The Kier molecular flexibility index (Phi) is 4.69. The topological polar surface area (TPSA) is 47.3 Å². The molecule has 0 bridgehead atoms. The van der Waals surface area contributed by atoms with Crippen LogP contribution in [0.2, 0.25) is 0 Å². The third kappa shape index (κ3) is 3.51. The number of benzene rings is 1. The van der Waals surface area contributed by atoms with Crippen molar-refractivity contribution in [3.63, 3.8) is 0 Å². The molecule has 1 aromatic carbocycles. The average molecular weight is 252 g/mol. The van der Waals surface area contributed by atoms with E-state index in [1.165, 1.54) is 25.0 Å². The standard InChI is InChI=1S/C14H21FN2O/c1-2-18-14(11-5-6-11)13(17-16)9-10-3-7-12(15)8-4-10/h3-4,7-8,11,13-14,17H,2,5-6,9,16H2,1H3. The van der Waals surface area contributed by atoms with E-state index in [1.54, 1.807) is 12.1 Å². The normalized spacial score (nSPS) is 18.6. The molecule has 1 aliphatic rings. The summed E-state index contributed by atoms with van der Waals surface area (Å²) < 4.78 is 18.7. The van der Waals surface area contributed by atoms with Gasteiger partial charge in [-0.3, -0.25) is 11.3 Å². The smallest absolute Gasteiger partial charge is 0.123 e. The summed E-state index contributed by atoms with van der Waals surface area (Å²) in [5.41, 5.74) is 3.93. The van der Waals surface area contributed by atoms with Crippen molar-refractivity contribution >= 4 is 0 Å². The van der Waals surface area contributed by atoms with E-state index >= 15 is 0 Å². The summed E-state index contributed by atoms with van der Waals surface area (Å²) in [4.78, 5) is 0. The number of hydrogen-bond acceptors (Lipinski definition) is 3. The summed E-state index contributed by atoms with van der Waals surface area (Å²) in [6, 6.07) is 6.65. The lowest BCUT2D eigenvalue weighted by molar-refractivity contribution is 0.0192. The van der Waals surface area contributed by atoms with E-state index in [0.717, 1.165) is 12.0 Å². The zero-order valence-corrected chi connectivity index (χ0v) is 10.7. The zero-order chi connectivity index (χ0) is 13.0. The van der Waals surface area contributed by atoms with Crippen LogP contribution in [-0.2, 0) is 11.2 Å². The Morgan fingerprint density at radius 1 is 1.39 bits per heavy atom. The van der Waals surface area contributed by atoms with Gasteiger partial charge >= 0.3 is 0 Å². The minimum absolute atomic E-state index is 0.0860. The highest BCUT2D eigenvalue weighted by Crippen LogP contribution is 2.36. The number of hydrogen-bond donors (Lipinski definition) is 2. The number of nitrogens with two attached hydrogens (primary N) is 1. The molecule has 2 rings (SSSR count). The molecule has 4 heteroatoms. The second-order valence-corrected chi connectivity index (χ2v) is 4.86. The summed E-state index contributed by atoms with van der Waals surface area (Å²) in [6.07, 6.45) is 3.35. The molecule has 0 spiro atoms. The molecule has 3 N–H and O–H groups in total. The van der Waals surface area contributed by atoms with Gasteiger partial charge in [-0.2, -0.15) is 0 Å². The van der Waals surface area contributed by atoms with Crippen LogP contribution in [0.5, 0.6) is 0 Å². The lowest BCUT2D eigenvalue weighted by atomic mass is 9.98. The molecule has 3 nitrogen and oxygen atoms in total. The Balaban J connectivity index is 2.00. The average Bonchev–Trinajstić information content (AvgIpc) is 3.20. The van der Waals surface area contributed by atoms with Gasteiger partial charge in [0.15, 0.2) is 0 Å². The van der Waals surface area contributed by atoms with E-state index in [1.807, 2.05) is 6.92 Å². The van der Waals surface area contributed by atoms with Crippen molar-refractivity contribution < 1.29 is 9.13 Å². The van der Waals surface area contributed by atoms with Crippen LogP contribution in [0.4, 0.5) is 4.39 Å². The van der Waals surface area contributed by atoms with Crippen LogP contribution in [0.3, 0.4) is 0 Å². The fourth-order valence-electron chi connectivity index (χ4n) is 2.34. The Hall–Kier alpha value is -0.970. The lowest BCUT2D eigenvalue weighted by Crippen LogP contribution is -2.47. The molecule has 0 aromatic heterocycles. The van der Waals surface area contributed by atoms with Gasteiger partial charge in [0, 0.05) is 6.61 Å². The first kappa shape index (κ1) is 13.5. The molecule has 0 aliphatic heterocycles. The summed E-state index contributed by atoms with van der Waals surface area (Å²) in [5.74, 6) is 6.05. The first-order chi connectivity index (χ1) is 8.74. The Morgan fingerprint density at radius 3 is 2.56 bits per heavy atom. The van der Waals surface area contributed by atoms with Gasteiger partial charge in [-0.05, 0) is 49.8 Å². The van der Waals surface area contributed by atoms with Crippen molar-refractivity contribution in [2.24, 2.45) is 11.8 Å². The van der Waals surface area contributed by atoms with Gasteiger partial charge in [-0.25, -0.2) is 4.39 Å². The third-order valence-corrected chi connectivity index (χ3v) is 3.43. The quantitative estimate of drug-likeness (QED) is 0.576. The monoisotopic (exact) mass is 252 g/mol. The van der Waals surface area contributed by atoms with Gasteiger partial charge in [-0.1, -0.05) is 12.1 Å². The van der Waals surface area contributed by atoms with Crippen LogP contribution < -0.4 is 11.3 Å². The summed E-state index contributed by atoms with van der Waals surface area (Å²) in [5, 5.41) is 0. The van der Waals surface area contributed by atoms with Gasteiger partial charge < -0.3 is 4.74 Å². The Morgan fingerprint density at radius 2 is 2.06 bits per heavy atom. The minimum atomic E-state index is -0.209. The first-order valence-electron chi connectivity index (χ1n) is 6.56. The van der Waals surface area contributed by atoms with Crippen molar-refractivity contribution in [3.8, 4) is 0 Å². The van der Waals surface area contributed by atoms with E-state index in [0.29, 0.717) is 12.5 Å². The highest BCUT2D eigenvalue weighted by molar-refractivity contribution is 5.17. The second-order valence-electron chi connectivity index (χ2n) is 4.86. The van der Waals surface area contributed by atoms with E-state index in [2.05, 4.69) is 5.43 Å². The molecule has 2 unspecified atom stereocenters. The van der Waals surface area contributed by atoms with Crippen LogP contribution in [-0.4, -0.2) is 18.8 Å². The molecule has 1 saturated carbocycles. The van der Waals surface area contributed by atoms with E-state index in [9.17, 15) is 4.39 Å². The van der Waals surface area contributed by atoms with Crippen molar-refractivity contribution in [3.05, 3.63) is 35.6 Å². The summed E-state index contributed by atoms with van der Waals surface area (Å²) >= 11 is 0. The van der Waals surface area contributed by atoms with Crippen LogP contribution in [0, 0.1) is 11.7 Å². The highest BCUT2D eigenvalue weighted by Gasteiger charge is 2.36. The van der Waals surface area contributed by atoms with Crippen LogP contribution in [0.25, 0.3) is 0 Å². The van der Waals surface area contributed by atoms with Gasteiger partial charge in [0.25, 0.3) is 0 Å². The first-order valence-corrected chi connectivity index (χ1v) is 6.56. The zero-order valence-electron chi connectivity index (χ0n) is 10.7. The predicted molar refractivity (Wildman–Crippen MR) is 69.4 cm³/mol. The Labute approximate surface area is 107 Å². The van der Waals surface area contributed by atoms with Crippen molar-refractivity contribution in [1.82, 2.24) is 5.43 Å². The summed E-state index contributed by atoms with van der Waals surface area (Å²) in [6.45, 7) is 2.70. The number of halogens is 1. The fraction of sp³-hybridized carbons (Fsp3) is 0.571. The molecule has 1 fully saturated rings. The number of nitrogens with one attached hydrogen (secondary N) is 1. The van der Waals surface area contributed by atoms with Crippen LogP contribution in [0.1, 0.15) is 25.3 Å². The van der Waals surface area contributed by atoms with Gasteiger partial charge in [0.2, 0.25) is 0 Å². The van der Waals surface area contributed by atoms with Crippen molar-refractivity contribution in [1.29, 1.82) is 0 Å². The van der Waals surface area contributed by atoms with Gasteiger partial charge in [0.05, 0.1) is 12.1 Å².